The maximum absolute atomic E-state index is 12.5. The van der Waals surface area contributed by atoms with Crippen LogP contribution in [-0.2, 0) is 19.7 Å². The first-order valence-electron chi connectivity index (χ1n) is 16.5. The van der Waals surface area contributed by atoms with Gasteiger partial charge in [-0.25, -0.2) is 9.78 Å². The summed E-state index contributed by atoms with van der Waals surface area (Å²) in [5.74, 6) is 0.217. The van der Waals surface area contributed by atoms with Gasteiger partial charge >= 0.3 is 12.1 Å². The number of rotatable bonds is 19. The summed E-state index contributed by atoms with van der Waals surface area (Å²) in [6, 6.07) is 7.15. The van der Waals surface area contributed by atoms with Gasteiger partial charge in [0.25, 0.3) is 0 Å². The van der Waals surface area contributed by atoms with Gasteiger partial charge in [-0.15, -0.1) is 5.10 Å². The minimum atomic E-state index is -0.634. The fourth-order valence-corrected chi connectivity index (χ4v) is 5.54. The molecule has 3 rings (SSSR count). The lowest BCUT2D eigenvalue weighted by Gasteiger charge is -2.16. The molecule has 2 N–H and O–H groups in total. The third kappa shape index (κ3) is 11.8. The van der Waals surface area contributed by atoms with Crippen LogP contribution in [0, 0.1) is 0 Å². The Morgan fingerprint density at radius 3 is 2.18 bits per heavy atom. The number of aromatic amines is 1. The summed E-state index contributed by atoms with van der Waals surface area (Å²) in [6.45, 7) is 10.2. The highest BCUT2D eigenvalue weighted by atomic mass is 35.5. The summed E-state index contributed by atoms with van der Waals surface area (Å²) in [5.41, 5.74) is 2.47. The Labute approximate surface area is 267 Å². The minimum absolute atomic E-state index is 0.0205. The number of aromatic nitrogens is 4. The second-order valence-electron chi connectivity index (χ2n) is 12.8. The number of fused-ring (bicyclic) bond motifs is 1. The van der Waals surface area contributed by atoms with Crippen LogP contribution in [0.15, 0.2) is 24.3 Å². The summed E-state index contributed by atoms with van der Waals surface area (Å²) < 4.78 is 12.3. The summed E-state index contributed by atoms with van der Waals surface area (Å²) in [5, 5.41) is 11.0. The molecule has 1 unspecified atom stereocenters. The number of esters is 1. The number of nitrogens with zero attached hydrogens (tertiary/aromatic N) is 3. The van der Waals surface area contributed by atoms with Crippen molar-refractivity contribution in [1.82, 2.24) is 19.8 Å². The predicted molar refractivity (Wildman–Crippen MR) is 177 cm³/mol. The Hall–Kier alpha value is -3.07. The van der Waals surface area contributed by atoms with Gasteiger partial charge in [0.1, 0.15) is 17.7 Å². The van der Waals surface area contributed by atoms with Gasteiger partial charge in [-0.2, -0.15) is 4.63 Å². The number of H-pyrrole nitrogens is 1. The average molecular weight is 630 g/mol. The number of amides is 1. The molecule has 1 aromatic carbocycles. The number of carbonyl (C=O) groups is 2. The Kier molecular flexibility index (Phi) is 14.5. The number of hydrogen-bond donors (Lipinski definition) is 2. The number of hydrogen-bond acceptors (Lipinski definition) is 6. The van der Waals surface area contributed by atoms with E-state index in [1.54, 1.807) is 29.8 Å². The van der Waals surface area contributed by atoms with Gasteiger partial charge in [0, 0.05) is 23.1 Å². The molecule has 9 nitrogen and oxygen atoms in total. The van der Waals surface area contributed by atoms with E-state index in [0.717, 1.165) is 25.0 Å². The maximum atomic E-state index is 12.5. The first kappa shape index (κ1) is 35.4. The number of unbranched alkanes of at least 4 members (excludes halogenated alkanes) is 12. The maximum Gasteiger partial charge on any atom is 0.412 e. The number of halogens is 1. The van der Waals surface area contributed by atoms with Gasteiger partial charge in [0.2, 0.25) is 0 Å². The zero-order valence-corrected chi connectivity index (χ0v) is 28.1. The molecule has 0 spiro atoms. The summed E-state index contributed by atoms with van der Waals surface area (Å²) in [6.07, 6.45) is 15.6. The molecule has 0 saturated heterocycles. The van der Waals surface area contributed by atoms with Gasteiger partial charge in [-0.3, -0.25) is 15.2 Å². The van der Waals surface area contributed by atoms with Crippen molar-refractivity contribution in [3.8, 4) is 11.4 Å². The van der Waals surface area contributed by atoms with Crippen LogP contribution < -0.4 is 5.32 Å². The SMILES string of the molecule is CCCCCCCCCCCCCCCC(=O)OCC(C)OC(=O)Nc1cccc(-c2nc3c(Cl)c(C(C)(C)C)[nH]n3n2)c1. The van der Waals surface area contributed by atoms with E-state index in [0.29, 0.717) is 34.2 Å². The first-order valence-corrected chi connectivity index (χ1v) is 16.8. The van der Waals surface area contributed by atoms with Crippen LogP contribution in [0.5, 0.6) is 0 Å². The summed E-state index contributed by atoms with van der Waals surface area (Å²) in [4.78, 5) is 29.2. The van der Waals surface area contributed by atoms with Crippen molar-refractivity contribution in [2.45, 2.75) is 136 Å². The van der Waals surface area contributed by atoms with Gasteiger partial charge in [0.05, 0.1) is 5.69 Å². The van der Waals surface area contributed by atoms with Gasteiger partial charge in [-0.1, -0.05) is 128 Å². The van der Waals surface area contributed by atoms with Crippen molar-refractivity contribution in [2.24, 2.45) is 0 Å². The van der Waals surface area contributed by atoms with Crippen molar-refractivity contribution in [3.05, 3.63) is 35.0 Å². The molecule has 0 fully saturated rings. The first-order chi connectivity index (χ1) is 21.1. The molecule has 2 heterocycles. The normalized spacial score (nSPS) is 12.4. The van der Waals surface area contributed by atoms with Crippen molar-refractivity contribution >= 4 is 35.0 Å². The summed E-state index contributed by atoms with van der Waals surface area (Å²) in [7, 11) is 0. The van der Waals surface area contributed by atoms with Crippen LogP contribution in [0.3, 0.4) is 0 Å². The number of carbonyl (C=O) groups excluding carboxylic acids is 2. The highest BCUT2D eigenvalue weighted by molar-refractivity contribution is 6.34. The molecule has 0 aliphatic heterocycles. The Balaban J connectivity index is 1.29. The minimum Gasteiger partial charge on any atom is -0.462 e. The standard InChI is InChI=1S/C34H52ClN5O4/c1-6-7-8-9-10-11-12-13-14-15-16-17-18-22-28(41)43-24-25(2)44-33(42)36-27-21-19-20-26(23-27)31-37-32-29(35)30(34(3,4)5)38-40(32)39-31/h19-21,23,25,38H,6-18,22,24H2,1-5H3,(H,36,42). The van der Waals surface area contributed by atoms with E-state index in [2.05, 4.69) is 48.2 Å². The fraction of sp³-hybridized carbons (Fsp3) is 0.647. The van der Waals surface area contributed by atoms with Crippen LogP contribution >= 0.6 is 11.6 Å². The number of ether oxygens (including phenoxy) is 2. The monoisotopic (exact) mass is 629 g/mol. The summed E-state index contributed by atoms with van der Waals surface area (Å²) >= 11 is 6.55. The highest BCUT2D eigenvalue weighted by Gasteiger charge is 2.24. The van der Waals surface area contributed by atoms with E-state index in [9.17, 15) is 9.59 Å². The Bertz CT molecular complexity index is 1310. The highest BCUT2D eigenvalue weighted by Crippen LogP contribution is 2.32. The van der Waals surface area contributed by atoms with Crippen LogP contribution in [0.4, 0.5) is 10.5 Å². The van der Waals surface area contributed by atoms with Crippen LogP contribution in [0.1, 0.15) is 130 Å². The van der Waals surface area contributed by atoms with E-state index in [-0.39, 0.29) is 18.0 Å². The molecule has 44 heavy (non-hydrogen) atoms. The predicted octanol–water partition coefficient (Wildman–Crippen LogP) is 9.64. The number of anilines is 1. The number of nitrogens with one attached hydrogen (secondary N) is 2. The van der Waals surface area contributed by atoms with E-state index >= 15 is 0 Å². The molecule has 1 atom stereocenters. The lowest BCUT2D eigenvalue weighted by atomic mass is 9.92. The lowest BCUT2D eigenvalue weighted by molar-refractivity contribution is -0.146. The zero-order valence-electron chi connectivity index (χ0n) is 27.3. The quantitative estimate of drug-likeness (QED) is 0.101. The largest absolute Gasteiger partial charge is 0.462 e. The molecular formula is C34H52ClN5O4. The van der Waals surface area contributed by atoms with Crippen LogP contribution in [-0.4, -0.2) is 44.6 Å². The molecule has 1 amide bonds. The Morgan fingerprint density at radius 2 is 1.59 bits per heavy atom. The second-order valence-corrected chi connectivity index (χ2v) is 13.2. The van der Waals surface area contributed by atoms with Crippen molar-refractivity contribution < 1.29 is 19.1 Å². The molecule has 244 valence electrons. The smallest absolute Gasteiger partial charge is 0.412 e. The van der Waals surface area contributed by atoms with E-state index < -0.39 is 12.2 Å². The third-order valence-electron chi connectivity index (χ3n) is 7.63. The fourth-order valence-electron chi connectivity index (χ4n) is 5.09. The van der Waals surface area contributed by atoms with Gasteiger partial charge < -0.3 is 9.47 Å². The zero-order chi connectivity index (χ0) is 32.0. The van der Waals surface area contributed by atoms with E-state index in [1.165, 1.54) is 64.2 Å². The lowest BCUT2D eigenvalue weighted by Crippen LogP contribution is -2.25. The van der Waals surface area contributed by atoms with E-state index in [4.69, 9.17) is 21.1 Å². The molecule has 2 aromatic heterocycles. The second kappa shape index (κ2) is 18.0. The average Bonchev–Trinajstić information content (AvgIpc) is 3.54. The van der Waals surface area contributed by atoms with Crippen LogP contribution in [0.25, 0.3) is 17.0 Å². The van der Waals surface area contributed by atoms with E-state index in [1.807, 2.05) is 6.07 Å². The molecule has 3 aromatic rings. The van der Waals surface area contributed by atoms with Crippen LogP contribution in [0.2, 0.25) is 5.02 Å². The molecule has 0 bridgehead atoms. The number of benzene rings is 1. The van der Waals surface area contributed by atoms with Gasteiger partial charge in [0.15, 0.2) is 11.5 Å². The van der Waals surface area contributed by atoms with Crippen molar-refractivity contribution in [3.63, 3.8) is 0 Å². The molecule has 10 heteroatoms. The molecule has 0 aliphatic carbocycles. The molecular weight excluding hydrogens is 578 g/mol. The van der Waals surface area contributed by atoms with Crippen molar-refractivity contribution in [2.75, 3.05) is 11.9 Å². The topological polar surface area (TPSA) is 111 Å². The van der Waals surface area contributed by atoms with Gasteiger partial charge in [-0.05, 0) is 25.5 Å². The Morgan fingerprint density at radius 1 is 0.977 bits per heavy atom. The molecule has 0 radical (unpaired) electrons. The van der Waals surface area contributed by atoms with Crippen molar-refractivity contribution in [1.29, 1.82) is 0 Å². The third-order valence-corrected chi connectivity index (χ3v) is 7.99. The molecule has 0 aliphatic rings. The molecule has 0 saturated carbocycles.